The first-order valence-corrected chi connectivity index (χ1v) is 6.81. The van der Waals surface area contributed by atoms with Crippen LogP contribution in [0.3, 0.4) is 0 Å². The smallest absolute Gasteiger partial charge is 0.120 e. The lowest BCUT2D eigenvalue weighted by Crippen LogP contribution is -2.27. The van der Waals surface area contributed by atoms with Crippen LogP contribution in [0.25, 0.3) is 0 Å². The van der Waals surface area contributed by atoms with E-state index in [0.29, 0.717) is 13.0 Å². The Morgan fingerprint density at radius 1 is 1.15 bits per heavy atom. The Morgan fingerprint density at radius 2 is 1.90 bits per heavy atom. The highest BCUT2D eigenvalue weighted by molar-refractivity contribution is 5.35. The molecule has 3 N–H and O–H groups in total. The lowest BCUT2D eigenvalue weighted by atomic mass is 10.0. The minimum atomic E-state index is -0.204. The topological polar surface area (TPSA) is 55.5 Å². The van der Waals surface area contributed by atoms with Crippen LogP contribution >= 0.6 is 0 Å². The molecule has 0 saturated heterocycles. The third-order valence-corrected chi connectivity index (χ3v) is 3.28. The maximum Gasteiger partial charge on any atom is 0.120 e. The van der Waals surface area contributed by atoms with Crippen molar-refractivity contribution in [2.75, 3.05) is 6.61 Å². The summed E-state index contributed by atoms with van der Waals surface area (Å²) in [6, 6.07) is 15.9. The largest absolute Gasteiger partial charge is 0.489 e. The van der Waals surface area contributed by atoms with Gasteiger partial charge in [0, 0.05) is 6.04 Å². The van der Waals surface area contributed by atoms with Gasteiger partial charge in [0.15, 0.2) is 0 Å². The lowest BCUT2D eigenvalue weighted by Gasteiger charge is -2.13. The van der Waals surface area contributed by atoms with Crippen LogP contribution in [0.1, 0.15) is 16.7 Å². The van der Waals surface area contributed by atoms with Crippen molar-refractivity contribution in [3.8, 4) is 5.75 Å². The van der Waals surface area contributed by atoms with Gasteiger partial charge in [-0.2, -0.15) is 0 Å². The molecule has 2 aromatic rings. The monoisotopic (exact) mass is 271 g/mol. The number of rotatable bonds is 6. The van der Waals surface area contributed by atoms with Gasteiger partial charge in [0.25, 0.3) is 0 Å². The second kappa shape index (κ2) is 7.08. The van der Waals surface area contributed by atoms with Crippen molar-refractivity contribution >= 4 is 0 Å². The molecule has 0 spiro atoms. The van der Waals surface area contributed by atoms with Crippen LogP contribution < -0.4 is 10.5 Å². The maximum atomic E-state index is 9.00. The van der Waals surface area contributed by atoms with Crippen molar-refractivity contribution < 1.29 is 9.84 Å². The van der Waals surface area contributed by atoms with Crippen molar-refractivity contribution in [2.24, 2.45) is 5.73 Å². The van der Waals surface area contributed by atoms with Crippen LogP contribution in [0, 0.1) is 6.92 Å². The molecule has 1 atom stereocenters. The quantitative estimate of drug-likeness (QED) is 0.848. The van der Waals surface area contributed by atoms with Gasteiger partial charge < -0.3 is 15.6 Å². The summed E-state index contributed by atoms with van der Waals surface area (Å²) in [4.78, 5) is 0. The number of aryl methyl sites for hydroxylation is 1. The van der Waals surface area contributed by atoms with Crippen LogP contribution in [0.15, 0.2) is 48.5 Å². The third kappa shape index (κ3) is 4.08. The SMILES string of the molecule is Cc1cc(OCc2ccccc2)ccc1CC(N)CO. The van der Waals surface area contributed by atoms with E-state index >= 15 is 0 Å². The van der Waals surface area contributed by atoms with E-state index in [4.69, 9.17) is 15.6 Å². The van der Waals surface area contributed by atoms with E-state index in [2.05, 4.69) is 0 Å². The molecule has 0 radical (unpaired) electrons. The number of hydrogen-bond acceptors (Lipinski definition) is 3. The van der Waals surface area contributed by atoms with Gasteiger partial charge in [-0.3, -0.25) is 0 Å². The number of aliphatic hydroxyl groups is 1. The third-order valence-electron chi connectivity index (χ3n) is 3.28. The van der Waals surface area contributed by atoms with Crippen molar-refractivity contribution in [2.45, 2.75) is 26.0 Å². The molecule has 0 aliphatic rings. The first kappa shape index (κ1) is 14.6. The Morgan fingerprint density at radius 3 is 2.55 bits per heavy atom. The molecule has 0 bridgehead atoms. The lowest BCUT2D eigenvalue weighted by molar-refractivity contribution is 0.265. The second-order valence-electron chi connectivity index (χ2n) is 5.01. The second-order valence-corrected chi connectivity index (χ2v) is 5.01. The fourth-order valence-corrected chi connectivity index (χ4v) is 2.08. The Bertz CT molecular complexity index is 540. The van der Waals surface area contributed by atoms with Crippen molar-refractivity contribution in [3.63, 3.8) is 0 Å². The summed E-state index contributed by atoms with van der Waals surface area (Å²) in [5, 5.41) is 9.00. The zero-order chi connectivity index (χ0) is 14.4. The van der Waals surface area contributed by atoms with Crippen LogP contribution in [-0.2, 0) is 13.0 Å². The summed E-state index contributed by atoms with van der Waals surface area (Å²) in [7, 11) is 0. The molecule has 3 heteroatoms. The molecule has 3 nitrogen and oxygen atoms in total. The van der Waals surface area contributed by atoms with E-state index < -0.39 is 0 Å². The van der Waals surface area contributed by atoms with E-state index in [-0.39, 0.29) is 12.6 Å². The minimum Gasteiger partial charge on any atom is -0.489 e. The summed E-state index contributed by atoms with van der Waals surface area (Å²) in [6.45, 7) is 2.61. The standard InChI is InChI=1S/C17H21NO2/c1-13-9-17(8-7-15(13)10-16(18)11-19)20-12-14-5-3-2-4-6-14/h2-9,16,19H,10-12,18H2,1H3. The molecule has 1 unspecified atom stereocenters. The van der Waals surface area contributed by atoms with Gasteiger partial charge in [-0.1, -0.05) is 36.4 Å². The normalized spacial score (nSPS) is 12.2. The van der Waals surface area contributed by atoms with Gasteiger partial charge in [-0.25, -0.2) is 0 Å². The van der Waals surface area contributed by atoms with Crippen LogP contribution in [0.2, 0.25) is 0 Å². The molecule has 0 saturated carbocycles. The highest BCUT2D eigenvalue weighted by Gasteiger charge is 2.06. The molecule has 0 aromatic heterocycles. The number of aliphatic hydroxyl groups excluding tert-OH is 1. The molecule has 0 fully saturated rings. The molecule has 2 rings (SSSR count). The summed E-state index contributed by atoms with van der Waals surface area (Å²) in [6.07, 6.45) is 0.682. The van der Waals surface area contributed by atoms with E-state index in [1.54, 1.807) is 0 Å². The molecule has 2 aromatic carbocycles. The number of benzene rings is 2. The summed E-state index contributed by atoms with van der Waals surface area (Å²) < 4.78 is 5.78. The van der Waals surface area contributed by atoms with Crippen LogP contribution in [0.5, 0.6) is 5.75 Å². The predicted octanol–water partition coefficient (Wildman–Crippen LogP) is 2.44. The van der Waals surface area contributed by atoms with Crippen molar-refractivity contribution in [3.05, 3.63) is 65.2 Å². The molecule has 106 valence electrons. The van der Waals surface area contributed by atoms with E-state index in [1.807, 2.05) is 55.5 Å². The fourth-order valence-electron chi connectivity index (χ4n) is 2.08. The summed E-state index contributed by atoms with van der Waals surface area (Å²) in [5.74, 6) is 0.854. The molecule has 0 aliphatic heterocycles. The van der Waals surface area contributed by atoms with Gasteiger partial charge in [0.05, 0.1) is 6.61 Å². The molecule has 0 heterocycles. The van der Waals surface area contributed by atoms with E-state index in [1.165, 1.54) is 0 Å². The van der Waals surface area contributed by atoms with Crippen molar-refractivity contribution in [1.82, 2.24) is 0 Å². The summed E-state index contributed by atoms with van der Waals surface area (Å²) >= 11 is 0. The van der Waals surface area contributed by atoms with E-state index in [0.717, 1.165) is 22.4 Å². The zero-order valence-corrected chi connectivity index (χ0v) is 11.8. The Labute approximate surface area is 120 Å². The predicted molar refractivity (Wildman–Crippen MR) is 80.7 cm³/mol. The molecule has 0 aliphatic carbocycles. The van der Waals surface area contributed by atoms with Crippen molar-refractivity contribution in [1.29, 1.82) is 0 Å². The van der Waals surface area contributed by atoms with Gasteiger partial charge in [-0.05, 0) is 42.2 Å². The average Bonchev–Trinajstić information content (AvgIpc) is 2.48. The molecule has 20 heavy (non-hydrogen) atoms. The van der Waals surface area contributed by atoms with Gasteiger partial charge >= 0.3 is 0 Å². The molecule has 0 amide bonds. The van der Waals surface area contributed by atoms with E-state index in [9.17, 15) is 0 Å². The first-order valence-electron chi connectivity index (χ1n) is 6.81. The van der Waals surface area contributed by atoms with Crippen LogP contribution in [-0.4, -0.2) is 17.8 Å². The average molecular weight is 271 g/mol. The van der Waals surface area contributed by atoms with Crippen LogP contribution in [0.4, 0.5) is 0 Å². The van der Waals surface area contributed by atoms with Gasteiger partial charge in [0.1, 0.15) is 12.4 Å². The Kier molecular flexibility index (Phi) is 5.16. The molecular formula is C17H21NO2. The zero-order valence-electron chi connectivity index (χ0n) is 11.8. The van der Waals surface area contributed by atoms with Gasteiger partial charge in [-0.15, -0.1) is 0 Å². The Hall–Kier alpha value is -1.84. The number of ether oxygens (including phenoxy) is 1. The summed E-state index contributed by atoms with van der Waals surface area (Å²) in [5.41, 5.74) is 9.20. The molecular weight excluding hydrogens is 250 g/mol. The highest BCUT2D eigenvalue weighted by Crippen LogP contribution is 2.19. The maximum absolute atomic E-state index is 9.00. The van der Waals surface area contributed by atoms with Gasteiger partial charge in [0.2, 0.25) is 0 Å². The number of nitrogens with two attached hydrogens (primary N) is 1. The first-order chi connectivity index (χ1) is 9.69. The Balaban J connectivity index is 1.98. The number of hydrogen-bond donors (Lipinski definition) is 2. The highest BCUT2D eigenvalue weighted by atomic mass is 16.5. The minimum absolute atomic E-state index is 0.00565. The fraction of sp³-hybridized carbons (Fsp3) is 0.294.